The Morgan fingerprint density at radius 1 is 0.875 bits per heavy atom. The van der Waals surface area contributed by atoms with E-state index in [4.69, 9.17) is 10.5 Å². The molecule has 1 amide bonds. The molecule has 0 aliphatic carbocycles. The number of halogens is 3. The van der Waals surface area contributed by atoms with Gasteiger partial charge < -0.3 is 15.2 Å². The highest BCUT2D eigenvalue weighted by Gasteiger charge is 2.22. The summed E-state index contributed by atoms with van der Waals surface area (Å²) in [5.41, 5.74) is 3.42. The fourth-order valence-corrected chi connectivity index (χ4v) is 2.14. The van der Waals surface area contributed by atoms with Crippen LogP contribution in [-0.4, -0.2) is 26.1 Å². The number of hydrogen-bond acceptors (Lipinski definition) is 4. The maximum atomic E-state index is 14.3. The smallest absolute Gasteiger partial charge is 0.341 e. The molecule has 0 aliphatic heterocycles. The fraction of sp³-hybridized carbons (Fsp3) is 0.125. The van der Waals surface area contributed by atoms with Gasteiger partial charge in [0.1, 0.15) is 28.8 Å². The molecule has 24 heavy (non-hydrogen) atoms. The minimum Gasteiger partial charge on any atom is -0.496 e. The molecule has 2 rings (SSSR count). The molecule has 0 heterocycles. The van der Waals surface area contributed by atoms with Crippen LogP contribution >= 0.6 is 0 Å². The maximum absolute atomic E-state index is 14.3. The van der Waals surface area contributed by atoms with E-state index in [0.717, 1.165) is 25.3 Å². The molecule has 0 saturated heterocycles. The van der Waals surface area contributed by atoms with Gasteiger partial charge in [-0.2, -0.15) is 0 Å². The van der Waals surface area contributed by atoms with Gasteiger partial charge in [-0.05, 0) is 12.1 Å². The third-order valence-electron chi connectivity index (χ3n) is 3.31. The normalized spacial score (nSPS) is 10.4. The first-order valence-electron chi connectivity index (χ1n) is 6.55. The summed E-state index contributed by atoms with van der Waals surface area (Å²) in [6, 6.07) is 3.03. The Morgan fingerprint density at radius 2 is 1.42 bits per heavy atom. The van der Waals surface area contributed by atoms with Crippen LogP contribution in [0, 0.1) is 17.5 Å². The number of methoxy groups -OCH3 is 2. The molecule has 2 aromatic rings. The van der Waals surface area contributed by atoms with E-state index in [1.165, 1.54) is 7.11 Å². The van der Waals surface area contributed by atoms with Crippen molar-refractivity contribution in [1.29, 1.82) is 0 Å². The van der Waals surface area contributed by atoms with Gasteiger partial charge >= 0.3 is 5.97 Å². The van der Waals surface area contributed by atoms with Crippen molar-refractivity contribution in [2.45, 2.75) is 0 Å². The van der Waals surface area contributed by atoms with E-state index in [-0.39, 0.29) is 16.9 Å². The van der Waals surface area contributed by atoms with Gasteiger partial charge in [0.25, 0.3) is 5.91 Å². The molecule has 5 nitrogen and oxygen atoms in total. The van der Waals surface area contributed by atoms with Gasteiger partial charge in [-0.25, -0.2) is 18.0 Å². The fourth-order valence-electron chi connectivity index (χ4n) is 2.14. The van der Waals surface area contributed by atoms with Gasteiger partial charge in [-0.1, -0.05) is 0 Å². The molecule has 126 valence electrons. The Balaban J connectivity index is 2.75. The second-order valence-corrected chi connectivity index (χ2v) is 4.70. The van der Waals surface area contributed by atoms with Crippen molar-refractivity contribution in [2.75, 3.05) is 14.2 Å². The van der Waals surface area contributed by atoms with E-state index in [1.54, 1.807) is 0 Å². The number of nitrogens with two attached hydrogens (primary N) is 1. The van der Waals surface area contributed by atoms with Gasteiger partial charge in [-0.3, -0.25) is 4.79 Å². The molecule has 0 radical (unpaired) electrons. The maximum Gasteiger partial charge on any atom is 0.341 e. The highest BCUT2D eigenvalue weighted by atomic mass is 19.1. The molecule has 8 heteroatoms. The Bertz CT molecular complexity index is 837. The van der Waals surface area contributed by atoms with Crippen molar-refractivity contribution >= 4 is 11.9 Å². The summed E-state index contributed by atoms with van der Waals surface area (Å²) >= 11 is 0. The van der Waals surface area contributed by atoms with E-state index in [0.29, 0.717) is 6.07 Å². The number of esters is 1. The molecule has 0 fully saturated rings. The number of primary amides is 1. The number of hydrogen-bond donors (Lipinski definition) is 1. The highest BCUT2D eigenvalue weighted by Crippen LogP contribution is 2.33. The lowest BCUT2D eigenvalue weighted by atomic mass is 9.98. The van der Waals surface area contributed by atoms with Crippen LogP contribution in [0.4, 0.5) is 13.2 Å². The van der Waals surface area contributed by atoms with Crippen LogP contribution < -0.4 is 10.5 Å². The van der Waals surface area contributed by atoms with Crippen LogP contribution in [0.5, 0.6) is 5.75 Å². The second kappa shape index (κ2) is 6.61. The molecule has 0 bridgehead atoms. The van der Waals surface area contributed by atoms with Gasteiger partial charge in [0.2, 0.25) is 0 Å². The standard InChI is InChI=1S/C16H12F3NO4/c1-23-14-6-13(19)8(4-10(14)16(22)24-2)7-3-9(15(20)21)12(18)5-11(7)17/h3-6H,1-2H3,(H2,20,21). The topological polar surface area (TPSA) is 78.6 Å². The summed E-state index contributed by atoms with van der Waals surface area (Å²) in [5.74, 6) is -5.36. The van der Waals surface area contributed by atoms with E-state index in [2.05, 4.69) is 4.74 Å². The van der Waals surface area contributed by atoms with Crippen LogP contribution in [0.1, 0.15) is 20.7 Å². The van der Waals surface area contributed by atoms with E-state index >= 15 is 0 Å². The zero-order chi connectivity index (χ0) is 18.0. The quantitative estimate of drug-likeness (QED) is 0.869. The Kier molecular flexibility index (Phi) is 4.77. The lowest BCUT2D eigenvalue weighted by Crippen LogP contribution is -2.14. The molecule has 2 aromatic carbocycles. The van der Waals surface area contributed by atoms with Gasteiger partial charge in [0, 0.05) is 23.3 Å². The molecule has 2 N–H and O–H groups in total. The van der Waals surface area contributed by atoms with Gasteiger partial charge in [-0.15, -0.1) is 0 Å². The molecular weight excluding hydrogens is 327 g/mol. The van der Waals surface area contributed by atoms with Crippen LogP contribution in [0.3, 0.4) is 0 Å². The number of carbonyl (C=O) groups is 2. The third-order valence-corrected chi connectivity index (χ3v) is 3.31. The van der Waals surface area contributed by atoms with Crippen molar-refractivity contribution in [2.24, 2.45) is 5.73 Å². The first-order chi connectivity index (χ1) is 11.3. The Labute approximate surface area is 134 Å². The molecule has 0 spiro atoms. The van der Waals surface area contributed by atoms with Crippen molar-refractivity contribution in [1.82, 2.24) is 0 Å². The van der Waals surface area contributed by atoms with Crippen molar-refractivity contribution in [3.8, 4) is 16.9 Å². The van der Waals surface area contributed by atoms with E-state index in [9.17, 15) is 22.8 Å². The average molecular weight is 339 g/mol. The van der Waals surface area contributed by atoms with Crippen molar-refractivity contribution in [3.05, 3.63) is 52.8 Å². The summed E-state index contributed by atoms with van der Waals surface area (Å²) < 4.78 is 51.3. The Hall–Kier alpha value is -3.03. The van der Waals surface area contributed by atoms with Gasteiger partial charge in [0.15, 0.2) is 0 Å². The van der Waals surface area contributed by atoms with Crippen molar-refractivity contribution in [3.63, 3.8) is 0 Å². The summed E-state index contributed by atoms with van der Waals surface area (Å²) in [4.78, 5) is 22.9. The first kappa shape index (κ1) is 17.3. The van der Waals surface area contributed by atoms with Crippen LogP contribution in [0.2, 0.25) is 0 Å². The predicted molar refractivity (Wildman–Crippen MR) is 78.2 cm³/mol. The van der Waals surface area contributed by atoms with E-state index < -0.39 is 40.5 Å². The summed E-state index contributed by atoms with van der Waals surface area (Å²) in [7, 11) is 2.32. The number of amides is 1. The van der Waals surface area contributed by atoms with Crippen LogP contribution in [-0.2, 0) is 4.74 Å². The number of benzene rings is 2. The largest absolute Gasteiger partial charge is 0.496 e. The SMILES string of the molecule is COC(=O)c1cc(-c2cc(C(N)=O)c(F)cc2F)c(F)cc1OC. The molecular formula is C16H12F3NO4. The summed E-state index contributed by atoms with van der Waals surface area (Å²) in [6.45, 7) is 0. The zero-order valence-electron chi connectivity index (χ0n) is 12.7. The monoisotopic (exact) mass is 339 g/mol. The van der Waals surface area contributed by atoms with Crippen LogP contribution in [0.15, 0.2) is 24.3 Å². The number of rotatable bonds is 4. The minimum atomic E-state index is -1.18. The molecule has 0 atom stereocenters. The zero-order valence-corrected chi connectivity index (χ0v) is 12.7. The Morgan fingerprint density at radius 3 is 1.92 bits per heavy atom. The van der Waals surface area contributed by atoms with Crippen molar-refractivity contribution < 1.29 is 32.2 Å². The first-order valence-corrected chi connectivity index (χ1v) is 6.55. The molecule has 0 saturated carbocycles. The van der Waals surface area contributed by atoms with Gasteiger partial charge in [0.05, 0.1) is 19.8 Å². The summed E-state index contributed by atoms with van der Waals surface area (Å²) in [5, 5.41) is 0. The lowest BCUT2D eigenvalue weighted by Gasteiger charge is -2.12. The number of ether oxygens (including phenoxy) is 2. The van der Waals surface area contributed by atoms with Crippen LogP contribution in [0.25, 0.3) is 11.1 Å². The second-order valence-electron chi connectivity index (χ2n) is 4.70. The molecule has 0 aliphatic rings. The predicted octanol–water partition coefficient (Wildman–Crippen LogP) is 2.67. The molecule has 0 unspecified atom stereocenters. The number of carbonyl (C=O) groups excluding carboxylic acids is 2. The molecule has 0 aromatic heterocycles. The average Bonchev–Trinajstić information content (AvgIpc) is 2.54. The lowest BCUT2D eigenvalue weighted by molar-refractivity contribution is 0.0597. The summed E-state index contributed by atoms with van der Waals surface area (Å²) in [6.07, 6.45) is 0. The highest BCUT2D eigenvalue weighted by molar-refractivity contribution is 5.96. The third kappa shape index (κ3) is 3.03. The van der Waals surface area contributed by atoms with E-state index in [1.807, 2.05) is 0 Å². The minimum absolute atomic E-state index is 0.124.